The minimum absolute atomic E-state index is 0.123. The first-order valence-corrected chi connectivity index (χ1v) is 12.8. The van der Waals surface area contributed by atoms with E-state index in [4.69, 9.17) is 24.7 Å². The molecule has 4 N–H and O–H groups in total. The van der Waals surface area contributed by atoms with Crippen LogP contribution in [-0.2, 0) is 20.7 Å². The minimum Gasteiger partial charge on any atom is -0.493 e. The first-order chi connectivity index (χ1) is 16.8. The number of aliphatic hydroxyl groups is 1. The van der Waals surface area contributed by atoms with Gasteiger partial charge in [-0.1, -0.05) is 19.9 Å². The third-order valence-corrected chi connectivity index (χ3v) is 7.18. The minimum atomic E-state index is -0.828. The van der Waals surface area contributed by atoms with Gasteiger partial charge in [0.15, 0.2) is 11.5 Å². The number of rotatable bonds is 16. The van der Waals surface area contributed by atoms with Gasteiger partial charge in [0.05, 0.1) is 19.8 Å². The fourth-order valence-corrected chi connectivity index (χ4v) is 4.73. The van der Waals surface area contributed by atoms with Crippen LogP contribution in [0.2, 0.25) is 0 Å². The lowest BCUT2D eigenvalue weighted by Crippen LogP contribution is -2.51. The summed E-state index contributed by atoms with van der Waals surface area (Å²) < 4.78 is 22.0. The molecule has 0 aliphatic heterocycles. The molecule has 8 nitrogen and oxygen atoms in total. The van der Waals surface area contributed by atoms with Gasteiger partial charge in [-0.05, 0) is 68.1 Å². The largest absolute Gasteiger partial charge is 0.493 e. The van der Waals surface area contributed by atoms with E-state index in [2.05, 4.69) is 19.2 Å². The number of ether oxygens (including phenoxy) is 4. The van der Waals surface area contributed by atoms with E-state index in [1.165, 1.54) is 0 Å². The molecular weight excluding hydrogens is 448 g/mol. The van der Waals surface area contributed by atoms with Crippen LogP contribution in [0.4, 0.5) is 0 Å². The highest BCUT2D eigenvalue weighted by atomic mass is 16.5. The number of carbonyl (C=O) groups is 1. The van der Waals surface area contributed by atoms with E-state index in [-0.39, 0.29) is 18.4 Å². The number of carbonyl (C=O) groups excluding carboxylic acids is 1. The predicted molar refractivity (Wildman–Crippen MR) is 137 cm³/mol. The van der Waals surface area contributed by atoms with Gasteiger partial charge in [-0.25, -0.2) is 0 Å². The maximum Gasteiger partial charge on any atom is 0.252 e. The molecule has 1 aromatic carbocycles. The molecule has 0 bridgehead atoms. The van der Waals surface area contributed by atoms with Gasteiger partial charge in [0.2, 0.25) is 0 Å². The second-order valence-electron chi connectivity index (χ2n) is 9.97. The van der Waals surface area contributed by atoms with Crippen LogP contribution < -0.4 is 20.5 Å². The summed E-state index contributed by atoms with van der Waals surface area (Å²) in [6.07, 6.45) is 4.80. The molecule has 3 atom stereocenters. The van der Waals surface area contributed by atoms with Crippen molar-refractivity contribution in [1.29, 1.82) is 0 Å². The highest BCUT2D eigenvalue weighted by molar-refractivity contribution is 5.85. The van der Waals surface area contributed by atoms with Crippen LogP contribution in [0.25, 0.3) is 0 Å². The number of hydrogen-bond donors (Lipinski definition) is 3. The Morgan fingerprint density at radius 1 is 1.14 bits per heavy atom. The Bertz CT molecular complexity index is 766. The third kappa shape index (κ3) is 8.63. The molecule has 1 aliphatic rings. The van der Waals surface area contributed by atoms with Crippen molar-refractivity contribution in [3.8, 4) is 11.5 Å². The van der Waals surface area contributed by atoms with Crippen molar-refractivity contribution in [3.63, 3.8) is 0 Å². The summed E-state index contributed by atoms with van der Waals surface area (Å²) in [5.74, 6) is 1.89. The molecule has 2 rings (SSSR count). The first-order valence-electron chi connectivity index (χ1n) is 12.8. The summed E-state index contributed by atoms with van der Waals surface area (Å²) in [4.78, 5) is 12.7. The van der Waals surface area contributed by atoms with E-state index in [0.717, 1.165) is 37.0 Å². The average molecular weight is 495 g/mol. The molecule has 1 saturated carbocycles. The lowest BCUT2D eigenvalue weighted by Gasteiger charge is -2.29. The van der Waals surface area contributed by atoms with E-state index >= 15 is 0 Å². The van der Waals surface area contributed by atoms with Gasteiger partial charge in [-0.15, -0.1) is 0 Å². The highest BCUT2D eigenvalue weighted by Crippen LogP contribution is 2.33. The zero-order valence-electron chi connectivity index (χ0n) is 22.2. The van der Waals surface area contributed by atoms with Crippen molar-refractivity contribution in [1.82, 2.24) is 5.32 Å². The van der Waals surface area contributed by atoms with Gasteiger partial charge >= 0.3 is 0 Å². The number of hydrogen-bond acceptors (Lipinski definition) is 7. The van der Waals surface area contributed by atoms with Crippen LogP contribution in [0.3, 0.4) is 0 Å². The normalized spacial score (nSPS) is 17.7. The van der Waals surface area contributed by atoms with Crippen LogP contribution in [0.15, 0.2) is 18.2 Å². The molecule has 0 radical (unpaired) electrons. The predicted octanol–water partition coefficient (Wildman–Crippen LogP) is 3.08. The third-order valence-electron chi connectivity index (χ3n) is 7.18. The van der Waals surface area contributed by atoms with Crippen molar-refractivity contribution in [2.75, 3.05) is 41.1 Å². The standard InChI is InChI=1S/C27H46N2O6/c1-19(2)21(15-20-9-10-24(33-4)25(16-20)35-14-8-13-32-3)17-22(28)23(30)18-29-26(31)27(34-5)11-6-7-12-27/h9-10,16,19,21-23,30H,6-8,11-15,17-18,28H2,1-5H3,(H,29,31). The smallest absolute Gasteiger partial charge is 0.252 e. The molecule has 35 heavy (non-hydrogen) atoms. The topological polar surface area (TPSA) is 112 Å². The fourth-order valence-electron chi connectivity index (χ4n) is 4.73. The quantitative estimate of drug-likeness (QED) is 0.303. The van der Waals surface area contributed by atoms with Crippen molar-refractivity contribution < 1.29 is 28.8 Å². The Hall–Kier alpha value is -1.87. The van der Waals surface area contributed by atoms with E-state index in [9.17, 15) is 9.90 Å². The second kappa shape index (κ2) is 14.6. The number of amides is 1. The molecule has 1 amide bonds. The lowest BCUT2D eigenvalue weighted by atomic mass is 9.83. The lowest BCUT2D eigenvalue weighted by molar-refractivity contribution is -0.143. The monoisotopic (exact) mass is 494 g/mol. The zero-order chi connectivity index (χ0) is 25.8. The van der Waals surface area contributed by atoms with Gasteiger partial charge in [0.25, 0.3) is 5.91 Å². The summed E-state index contributed by atoms with van der Waals surface area (Å²) in [5.41, 5.74) is 6.76. The Balaban J connectivity index is 1.95. The van der Waals surface area contributed by atoms with E-state index in [1.54, 1.807) is 21.3 Å². The van der Waals surface area contributed by atoms with Crippen molar-refractivity contribution >= 4 is 5.91 Å². The number of benzene rings is 1. The maximum atomic E-state index is 12.7. The Morgan fingerprint density at radius 2 is 1.86 bits per heavy atom. The summed E-state index contributed by atoms with van der Waals surface area (Å²) in [6, 6.07) is 5.55. The molecule has 3 unspecified atom stereocenters. The van der Waals surface area contributed by atoms with Gasteiger partial charge in [-0.2, -0.15) is 0 Å². The molecule has 0 heterocycles. The van der Waals surface area contributed by atoms with Crippen molar-refractivity contribution in [2.45, 2.75) is 76.5 Å². The Morgan fingerprint density at radius 3 is 2.46 bits per heavy atom. The molecule has 1 aromatic rings. The Labute approximate surface area is 210 Å². The van der Waals surface area contributed by atoms with Crippen LogP contribution in [0.5, 0.6) is 11.5 Å². The zero-order valence-corrected chi connectivity index (χ0v) is 22.2. The average Bonchev–Trinajstić information content (AvgIpc) is 3.35. The van der Waals surface area contributed by atoms with E-state index in [1.807, 2.05) is 18.2 Å². The van der Waals surface area contributed by atoms with Crippen LogP contribution in [-0.4, -0.2) is 69.8 Å². The molecule has 1 aliphatic carbocycles. The maximum absolute atomic E-state index is 12.7. The molecule has 0 spiro atoms. The van der Waals surface area contributed by atoms with E-state index in [0.29, 0.717) is 44.1 Å². The van der Waals surface area contributed by atoms with Crippen LogP contribution in [0.1, 0.15) is 57.9 Å². The number of methoxy groups -OCH3 is 3. The molecule has 0 saturated heterocycles. The fraction of sp³-hybridized carbons (Fsp3) is 0.741. The summed E-state index contributed by atoms with van der Waals surface area (Å²) >= 11 is 0. The SMILES string of the molecule is COCCCOc1cc(CC(CC(N)C(O)CNC(=O)C2(OC)CCCC2)C(C)C)ccc1OC. The van der Waals surface area contributed by atoms with Gasteiger partial charge < -0.3 is 35.1 Å². The van der Waals surface area contributed by atoms with Crippen LogP contribution in [0, 0.1) is 11.8 Å². The van der Waals surface area contributed by atoms with Crippen molar-refractivity contribution in [2.24, 2.45) is 17.6 Å². The van der Waals surface area contributed by atoms with Gasteiger partial charge in [0.1, 0.15) is 5.60 Å². The molecule has 200 valence electrons. The molecule has 8 heteroatoms. The number of nitrogens with one attached hydrogen (secondary N) is 1. The summed E-state index contributed by atoms with van der Waals surface area (Å²) in [5, 5.41) is 13.6. The summed E-state index contributed by atoms with van der Waals surface area (Å²) in [6.45, 7) is 5.65. The second-order valence-corrected chi connectivity index (χ2v) is 9.97. The molecule has 1 fully saturated rings. The van der Waals surface area contributed by atoms with Crippen LogP contribution >= 0.6 is 0 Å². The molecule has 0 aromatic heterocycles. The van der Waals surface area contributed by atoms with E-state index < -0.39 is 17.7 Å². The van der Waals surface area contributed by atoms with Crippen molar-refractivity contribution in [3.05, 3.63) is 23.8 Å². The first kappa shape index (κ1) is 29.4. The number of aliphatic hydroxyl groups excluding tert-OH is 1. The molecular formula is C27H46N2O6. The van der Waals surface area contributed by atoms with Gasteiger partial charge in [-0.3, -0.25) is 4.79 Å². The Kier molecular flexibility index (Phi) is 12.3. The summed E-state index contributed by atoms with van der Waals surface area (Å²) in [7, 11) is 4.89. The van der Waals surface area contributed by atoms with Gasteiger partial charge in [0, 0.05) is 39.8 Å². The highest BCUT2D eigenvalue weighted by Gasteiger charge is 2.41. The number of nitrogens with two attached hydrogens (primary N) is 1.